The van der Waals surface area contributed by atoms with Gasteiger partial charge in [-0.1, -0.05) is 38.4 Å². The number of likely N-dealkylation sites (tertiary alicyclic amines) is 1. The first-order valence-electron chi connectivity index (χ1n) is 9.55. The van der Waals surface area contributed by atoms with Crippen LogP contribution >= 0.6 is 35.6 Å². The lowest BCUT2D eigenvalue weighted by molar-refractivity contribution is 0.341. The molecule has 4 nitrogen and oxygen atoms in total. The summed E-state index contributed by atoms with van der Waals surface area (Å²) in [6, 6.07) is 4.58. The number of hydrogen-bond donors (Lipinski definition) is 2. The molecule has 1 aliphatic rings. The molecule has 0 aliphatic carbocycles. The zero-order valence-electron chi connectivity index (χ0n) is 16.8. The number of guanidine groups is 1. The van der Waals surface area contributed by atoms with Crippen LogP contribution in [-0.2, 0) is 5.41 Å². The van der Waals surface area contributed by atoms with Gasteiger partial charge in [-0.3, -0.25) is 4.99 Å². The molecule has 154 valence electrons. The quantitative estimate of drug-likeness (QED) is 0.327. The summed E-state index contributed by atoms with van der Waals surface area (Å²) in [5.74, 6) is 1.18. The first-order chi connectivity index (χ1) is 12.4. The highest BCUT2D eigenvalue weighted by atomic mass is 127. The molecule has 1 aliphatic heterocycles. The van der Waals surface area contributed by atoms with Gasteiger partial charge in [0.2, 0.25) is 0 Å². The zero-order chi connectivity index (χ0) is 19.2. The third-order valence-corrected chi connectivity index (χ3v) is 5.33. The average molecular weight is 511 g/mol. The number of nitrogens with one attached hydrogen (secondary N) is 2. The van der Waals surface area contributed by atoms with Gasteiger partial charge in [0.15, 0.2) is 5.96 Å². The molecule has 27 heavy (non-hydrogen) atoms. The van der Waals surface area contributed by atoms with Gasteiger partial charge < -0.3 is 15.5 Å². The van der Waals surface area contributed by atoms with Crippen LogP contribution < -0.4 is 10.6 Å². The highest BCUT2D eigenvalue weighted by Crippen LogP contribution is 2.30. The monoisotopic (exact) mass is 510 g/mol. The Hall–Kier alpha value is -0.600. The maximum Gasteiger partial charge on any atom is 0.191 e. The highest BCUT2D eigenvalue weighted by molar-refractivity contribution is 14.0. The Labute approximate surface area is 185 Å². The minimum absolute atomic E-state index is 0. The predicted molar refractivity (Wildman–Crippen MR) is 124 cm³/mol. The van der Waals surface area contributed by atoms with E-state index in [0.717, 1.165) is 37.7 Å². The fourth-order valence-corrected chi connectivity index (χ4v) is 3.77. The molecule has 0 spiro atoms. The van der Waals surface area contributed by atoms with E-state index in [1.54, 1.807) is 6.07 Å². The molecule has 0 radical (unpaired) electrons. The van der Waals surface area contributed by atoms with Crippen molar-refractivity contribution in [3.05, 3.63) is 34.6 Å². The number of aliphatic imine (C=N–C) groups is 1. The van der Waals surface area contributed by atoms with Crippen LogP contribution in [0.25, 0.3) is 0 Å². The molecule has 1 heterocycles. The Morgan fingerprint density at radius 1 is 1.33 bits per heavy atom. The van der Waals surface area contributed by atoms with E-state index in [1.165, 1.54) is 25.1 Å². The van der Waals surface area contributed by atoms with Crippen molar-refractivity contribution in [3.8, 4) is 0 Å². The molecular formula is C20H33ClFIN4. The first-order valence-corrected chi connectivity index (χ1v) is 9.93. The summed E-state index contributed by atoms with van der Waals surface area (Å²) in [7, 11) is 0. The summed E-state index contributed by atoms with van der Waals surface area (Å²) in [6.07, 6.45) is 1.23. The van der Waals surface area contributed by atoms with Crippen LogP contribution in [0.3, 0.4) is 0 Å². The summed E-state index contributed by atoms with van der Waals surface area (Å²) in [4.78, 5) is 7.24. The maximum atomic E-state index is 13.3. The van der Waals surface area contributed by atoms with Crippen molar-refractivity contribution in [1.82, 2.24) is 15.5 Å². The van der Waals surface area contributed by atoms with Gasteiger partial charge in [-0.05, 0) is 50.0 Å². The van der Waals surface area contributed by atoms with Crippen molar-refractivity contribution in [2.75, 3.05) is 39.3 Å². The molecule has 7 heteroatoms. The maximum absolute atomic E-state index is 13.3. The fraction of sp³-hybridized carbons (Fsp3) is 0.650. The minimum Gasteiger partial charge on any atom is -0.357 e. The van der Waals surface area contributed by atoms with Crippen LogP contribution in [0.15, 0.2) is 23.2 Å². The van der Waals surface area contributed by atoms with Crippen LogP contribution in [0.2, 0.25) is 5.02 Å². The third kappa shape index (κ3) is 7.38. The highest BCUT2D eigenvalue weighted by Gasteiger charge is 2.24. The topological polar surface area (TPSA) is 39.7 Å². The van der Waals surface area contributed by atoms with Gasteiger partial charge in [-0.2, -0.15) is 0 Å². The van der Waals surface area contributed by atoms with E-state index in [1.807, 2.05) is 0 Å². The minimum atomic E-state index is -0.314. The van der Waals surface area contributed by atoms with Gasteiger partial charge in [-0.25, -0.2) is 4.39 Å². The van der Waals surface area contributed by atoms with Crippen molar-refractivity contribution < 1.29 is 4.39 Å². The van der Waals surface area contributed by atoms with Crippen LogP contribution in [-0.4, -0.2) is 50.1 Å². The number of benzene rings is 1. The Kier molecular flexibility index (Phi) is 10.3. The summed E-state index contributed by atoms with van der Waals surface area (Å²) in [5, 5.41) is 7.24. The molecule has 1 saturated heterocycles. The lowest BCUT2D eigenvalue weighted by atomic mass is 9.84. The van der Waals surface area contributed by atoms with Gasteiger partial charge >= 0.3 is 0 Å². The molecule has 2 N–H and O–H groups in total. The smallest absolute Gasteiger partial charge is 0.191 e. The van der Waals surface area contributed by atoms with E-state index in [2.05, 4.69) is 43.2 Å². The van der Waals surface area contributed by atoms with Crippen molar-refractivity contribution in [1.29, 1.82) is 0 Å². The van der Waals surface area contributed by atoms with Gasteiger partial charge in [0, 0.05) is 30.1 Å². The molecule has 2 rings (SSSR count). The van der Waals surface area contributed by atoms with Crippen molar-refractivity contribution >= 4 is 41.5 Å². The predicted octanol–water partition coefficient (Wildman–Crippen LogP) is 4.27. The number of rotatable bonds is 7. The second-order valence-electron chi connectivity index (χ2n) is 7.63. The lowest BCUT2D eigenvalue weighted by Gasteiger charge is -2.25. The second-order valence-corrected chi connectivity index (χ2v) is 8.04. The SMILES string of the molecule is CCNC(=NCC(C)(C)c1ccc(F)cc1Cl)NCC1CCN(CC)C1.I. The molecule has 0 saturated carbocycles. The summed E-state index contributed by atoms with van der Waals surface area (Å²) in [6.45, 7) is 14.2. The number of nitrogens with zero attached hydrogens (tertiary/aromatic N) is 2. The van der Waals surface area contributed by atoms with Crippen molar-refractivity contribution in [2.45, 2.75) is 39.5 Å². The fourth-order valence-electron chi connectivity index (χ4n) is 3.35. The number of hydrogen-bond acceptors (Lipinski definition) is 2. The van der Waals surface area contributed by atoms with Crippen LogP contribution in [0.4, 0.5) is 4.39 Å². The van der Waals surface area contributed by atoms with E-state index >= 15 is 0 Å². The first kappa shape index (κ1) is 24.4. The summed E-state index contributed by atoms with van der Waals surface area (Å²) >= 11 is 6.24. The Morgan fingerprint density at radius 2 is 2.07 bits per heavy atom. The molecule has 0 amide bonds. The van der Waals surface area contributed by atoms with Crippen molar-refractivity contribution in [3.63, 3.8) is 0 Å². The van der Waals surface area contributed by atoms with E-state index in [9.17, 15) is 4.39 Å². The second kappa shape index (κ2) is 11.4. The molecular weight excluding hydrogens is 478 g/mol. The van der Waals surface area contributed by atoms with Crippen molar-refractivity contribution in [2.24, 2.45) is 10.9 Å². The number of halogens is 3. The zero-order valence-corrected chi connectivity index (χ0v) is 19.9. The standard InChI is InChI=1S/C20H32ClFN4.HI/c1-5-23-19(24-12-15-9-10-26(6-2)13-15)25-14-20(3,4)17-8-7-16(22)11-18(17)21;/h7-8,11,15H,5-6,9-10,12-14H2,1-4H3,(H2,23,24,25);1H. The molecule has 0 bridgehead atoms. The molecule has 1 aromatic rings. The van der Waals surface area contributed by atoms with Gasteiger partial charge in [-0.15, -0.1) is 24.0 Å². The van der Waals surface area contributed by atoms with Crippen LogP contribution in [0, 0.1) is 11.7 Å². The third-order valence-electron chi connectivity index (χ3n) is 5.01. The van der Waals surface area contributed by atoms with Gasteiger partial charge in [0.05, 0.1) is 6.54 Å². The van der Waals surface area contributed by atoms with Crippen LogP contribution in [0.5, 0.6) is 0 Å². The molecule has 0 aromatic heterocycles. The Morgan fingerprint density at radius 3 is 2.67 bits per heavy atom. The Bertz CT molecular complexity index is 624. The molecule has 1 fully saturated rings. The average Bonchev–Trinajstić information content (AvgIpc) is 3.05. The van der Waals surface area contributed by atoms with Crippen LogP contribution in [0.1, 0.15) is 39.7 Å². The Balaban J connectivity index is 0.00000364. The lowest BCUT2D eigenvalue weighted by Crippen LogP contribution is -2.41. The molecule has 1 aromatic carbocycles. The van der Waals surface area contributed by atoms with E-state index in [4.69, 9.17) is 16.6 Å². The summed E-state index contributed by atoms with van der Waals surface area (Å²) < 4.78 is 13.3. The van der Waals surface area contributed by atoms with E-state index in [0.29, 0.717) is 17.5 Å². The van der Waals surface area contributed by atoms with E-state index < -0.39 is 0 Å². The summed E-state index contributed by atoms with van der Waals surface area (Å²) in [5.41, 5.74) is 0.633. The van der Waals surface area contributed by atoms with Gasteiger partial charge in [0.25, 0.3) is 0 Å². The van der Waals surface area contributed by atoms with Gasteiger partial charge in [0.1, 0.15) is 5.82 Å². The molecule has 1 atom stereocenters. The normalized spacial score (nSPS) is 18.3. The van der Waals surface area contributed by atoms with E-state index in [-0.39, 0.29) is 35.2 Å². The molecule has 1 unspecified atom stereocenters. The largest absolute Gasteiger partial charge is 0.357 e.